The second kappa shape index (κ2) is 10.8. The normalized spacial score (nSPS) is 21.1. The van der Waals surface area contributed by atoms with E-state index in [1.54, 1.807) is 10.9 Å². The number of fused-ring (bicyclic) bond motifs is 1. The first-order valence-electron chi connectivity index (χ1n) is 13.4. The summed E-state index contributed by atoms with van der Waals surface area (Å²) < 4.78 is 41.0. The van der Waals surface area contributed by atoms with Crippen LogP contribution >= 0.6 is 0 Å². The van der Waals surface area contributed by atoms with E-state index >= 15 is 0 Å². The van der Waals surface area contributed by atoms with Gasteiger partial charge >= 0.3 is 6.18 Å². The third-order valence-electron chi connectivity index (χ3n) is 7.93. The van der Waals surface area contributed by atoms with E-state index in [-0.39, 0.29) is 34.5 Å². The fourth-order valence-electron chi connectivity index (χ4n) is 5.87. The molecule has 0 atom stereocenters. The lowest BCUT2D eigenvalue weighted by molar-refractivity contribution is -0.144. The van der Waals surface area contributed by atoms with Crippen molar-refractivity contribution in [2.75, 3.05) is 18.4 Å². The van der Waals surface area contributed by atoms with Crippen LogP contribution in [0.1, 0.15) is 80.5 Å². The number of hydrogen-bond acceptors (Lipinski definition) is 4. The minimum atomic E-state index is -4.64. The number of anilines is 1. The molecule has 3 aromatic rings. The third kappa shape index (κ3) is 5.56. The van der Waals surface area contributed by atoms with Crippen molar-refractivity contribution in [1.82, 2.24) is 24.6 Å². The summed E-state index contributed by atoms with van der Waals surface area (Å²) in [7, 11) is 0. The summed E-state index contributed by atoms with van der Waals surface area (Å²) >= 11 is 0. The first-order valence-corrected chi connectivity index (χ1v) is 13.4. The second-order valence-corrected chi connectivity index (χ2v) is 10.5. The Bertz CT molecular complexity index is 1280. The average molecular weight is 531 g/mol. The zero-order valence-corrected chi connectivity index (χ0v) is 21.4. The number of para-hydroxylation sites is 1. The van der Waals surface area contributed by atoms with Crippen molar-refractivity contribution in [1.29, 1.82) is 0 Å². The molecule has 2 aliphatic rings. The number of piperidine rings is 1. The molecule has 204 valence electrons. The fourth-order valence-corrected chi connectivity index (χ4v) is 5.87. The van der Waals surface area contributed by atoms with Crippen molar-refractivity contribution in [2.24, 2.45) is 11.8 Å². The molecule has 1 aliphatic heterocycles. The van der Waals surface area contributed by atoms with Gasteiger partial charge in [-0.2, -0.15) is 18.3 Å². The van der Waals surface area contributed by atoms with Gasteiger partial charge in [-0.3, -0.25) is 14.3 Å². The van der Waals surface area contributed by atoms with E-state index in [1.807, 2.05) is 4.90 Å². The Labute approximate surface area is 219 Å². The summed E-state index contributed by atoms with van der Waals surface area (Å²) in [6.45, 7) is 3.58. The molecule has 0 unspecified atom stereocenters. The fraction of sp³-hybridized carbons (Fsp3) is 0.556. The first-order chi connectivity index (χ1) is 18.2. The van der Waals surface area contributed by atoms with Crippen molar-refractivity contribution in [2.45, 2.75) is 70.5 Å². The Morgan fingerprint density at radius 1 is 1.11 bits per heavy atom. The number of amides is 2. The number of hydrogen-bond donors (Lipinski definition) is 2. The molecule has 2 amide bonds. The topological polar surface area (TPSA) is 95.9 Å². The maximum absolute atomic E-state index is 13.1. The summed E-state index contributed by atoms with van der Waals surface area (Å²) in [4.78, 5) is 33.7. The molecule has 2 fully saturated rings. The van der Waals surface area contributed by atoms with Crippen LogP contribution in [0.3, 0.4) is 0 Å². The van der Waals surface area contributed by atoms with Crippen LogP contribution in [0.5, 0.6) is 0 Å². The lowest BCUT2D eigenvalue weighted by Gasteiger charge is -2.36. The third-order valence-corrected chi connectivity index (χ3v) is 7.93. The molecule has 8 nitrogen and oxygen atoms in total. The number of nitrogens with one attached hydrogen (secondary N) is 2. The van der Waals surface area contributed by atoms with Crippen molar-refractivity contribution in [3.05, 3.63) is 42.0 Å². The van der Waals surface area contributed by atoms with Crippen LogP contribution in [-0.2, 0) is 11.0 Å². The van der Waals surface area contributed by atoms with Crippen LogP contribution in [0.25, 0.3) is 11.0 Å². The van der Waals surface area contributed by atoms with Crippen LogP contribution in [0, 0.1) is 11.8 Å². The summed E-state index contributed by atoms with van der Waals surface area (Å²) in [6, 6.07) is 4.49. The van der Waals surface area contributed by atoms with E-state index in [0.29, 0.717) is 18.8 Å². The molecule has 5 rings (SSSR count). The summed E-state index contributed by atoms with van der Waals surface area (Å²) in [5.74, 6) is -0.502. The molecule has 3 heterocycles. The molecule has 11 heteroatoms. The van der Waals surface area contributed by atoms with Gasteiger partial charge in [-0.25, -0.2) is 4.98 Å². The van der Waals surface area contributed by atoms with Crippen LogP contribution in [-0.4, -0.2) is 49.6 Å². The molecular formula is C27H33F3N6O2. The number of aromatic nitrogens is 4. The van der Waals surface area contributed by atoms with E-state index < -0.39 is 17.9 Å². The number of H-pyrrole nitrogens is 1. The zero-order valence-electron chi connectivity index (χ0n) is 21.4. The first kappa shape index (κ1) is 26.2. The molecule has 0 spiro atoms. The number of rotatable bonds is 6. The Morgan fingerprint density at radius 2 is 1.84 bits per heavy atom. The highest BCUT2D eigenvalue weighted by Crippen LogP contribution is 2.34. The lowest BCUT2D eigenvalue weighted by atomic mass is 9.79. The predicted octanol–water partition coefficient (Wildman–Crippen LogP) is 5.80. The van der Waals surface area contributed by atoms with Gasteiger partial charge in [-0.1, -0.05) is 25.8 Å². The van der Waals surface area contributed by atoms with Gasteiger partial charge in [0.05, 0.1) is 29.0 Å². The highest BCUT2D eigenvalue weighted by atomic mass is 19.4. The van der Waals surface area contributed by atoms with Gasteiger partial charge in [0.15, 0.2) is 0 Å². The highest BCUT2D eigenvalue weighted by molar-refractivity contribution is 6.11. The van der Waals surface area contributed by atoms with Crippen molar-refractivity contribution < 1.29 is 22.8 Å². The van der Waals surface area contributed by atoms with E-state index in [1.165, 1.54) is 37.2 Å². The van der Waals surface area contributed by atoms with Crippen LogP contribution in [0.4, 0.5) is 18.9 Å². The molecule has 0 radical (unpaired) electrons. The van der Waals surface area contributed by atoms with Gasteiger partial charge in [0.1, 0.15) is 5.52 Å². The quantitative estimate of drug-likeness (QED) is 0.421. The minimum absolute atomic E-state index is 0.0394. The van der Waals surface area contributed by atoms with Crippen molar-refractivity contribution >= 4 is 28.5 Å². The summed E-state index contributed by atoms with van der Waals surface area (Å²) in [5, 5.41) is 7.12. The molecule has 1 aliphatic carbocycles. The number of carbonyl (C=O) groups is 2. The van der Waals surface area contributed by atoms with Crippen molar-refractivity contribution in [3.8, 4) is 0 Å². The maximum atomic E-state index is 13.1. The molecule has 2 aromatic heterocycles. The number of nitrogens with zero attached hydrogens (tertiary/aromatic N) is 4. The van der Waals surface area contributed by atoms with Gasteiger partial charge in [0.25, 0.3) is 5.91 Å². The average Bonchev–Trinajstić information content (AvgIpc) is 3.56. The number of halogens is 3. The molecule has 38 heavy (non-hydrogen) atoms. The molecule has 0 bridgehead atoms. The second-order valence-electron chi connectivity index (χ2n) is 10.5. The zero-order chi connectivity index (χ0) is 26.9. The van der Waals surface area contributed by atoms with Gasteiger partial charge in [-0.15, -0.1) is 0 Å². The van der Waals surface area contributed by atoms with Gasteiger partial charge in [0, 0.05) is 25.2 Å². The maximum Gasteiger partial charge on any atom is 0.449 e. The Kier molecular flexibility index (Phi) is 7.45. The summed E-state index contributed by atoms with van der Waals surface area (Å²) in [5.41, 5.74) is 0.579. The van der Waals surface area contributed by atoms with E-state index in [9.17, 15) is 22.8 Å². The van der Waals surface area contributed by atoms with E-state index in [0.717, 1.165) is 44.4 Å². The van der Waals surface area contributed by atoms with Gasteiger partial charge in [0.2, 0.25) is 11.7 Å². The van der Waals surface area contributed by atoms with Gasteiger partial charge < -0.3 is 15.2 Å². The Balaban J connectivity index is 1.17. The Morgan fingerprint density at radius 3 is 2.53 bits per heavy atom. The number of benzene rings is 1. The summed E-state index contributed by atoms with van der Waals surface area (Å²) in [6.07, 6.45) is 6.93. The number of likely N-dealkylation sites (tertiary alicyclic amines) is 1. The standard InChI is InChI=1S/C27H33F3N6O2/c1-2-4-17-7-9-18(10-8-17)25(38)35-13-11-20(12-14-35)36-16-19(15-31-36)32-24(37)21-5-3-6-22-23(21)34-26(33-22)27(28,29)30/h3,5-6,15-18,20H,2,4,7-14H2,1H3,(H,32,37)(H,33,34). The minimum Gasteiger partial charge on any atom is -0.342 e. The highest BCUT2D eigenvalue weighted by Gasteiger charge is 2.35. The number of aromatic amines is 1. The van der Waals surface area contributed by atoms with Crippen LogP contribution in [0.2, 0.25) is 0 Å². The monoisotopic (exact) mass is 530 g/mol. The van der Waals surface area contributed by atoms with E-state index in [2.05, 4.69) is 27.3 Å². The van der Waals surface area contributed by atoms with Gasteiger partial charge in [-0.05, 0) is 56.6 Å². The van der Waals surface area contributed by atoms with E-state index in [4.69, 9.17) is 0 Å². The largest absolute Gasteiger partial charge is 0.449 e. The van der Waals surface area contributed by atoms with Crippen molar-refractivity contribution in [3.63, 3.8) is 0 Å². The predicted molar refractivity (Wildman–Crippen MR) is 136 cm³/mol. The lowest BCUT2D eigenvalue weighted by Crippen LogP contribution is -2.43. The molecule has 1 saturated carbocycles. The smallest absolute Gasteiger partial charge is 0.342 e. The SMILES string of the molecule is CCCC1CCC(C(=O)N2CCC(n3cc(NC(=O)c4cccc5[nH]c(C(F)(F)F)nc45)cn3)CC2)CC1. The molecule has 1 aromatic carbocycles. The molecular weight excluding hydrogens is 497 g/mol. The van der Waals surface area contributed by atoms with Crippen LogP contribution in [0.15, 0.2) is 30.6 Å². The number of carbonyl (C=O) groups excluding carboxylic acids is 2. The van der Waals surface area contributed by atoms with Crippen LogP contribution < -0.4 is 5.32 Å². The number of imidazole rings is 1. The molecule has 2 N–H and O–H groups in total. The number of alkyl halides is 3. The Hall–Kier alpha value is -3.37. The molecule has 1 saturated heterocycles.